The van der Waals surface area contributed by atoms with E-state index in [9.17, 15) is 0 Å². The molecule has 0 aliphatic heterocycles. The van der Waals surface area contributed by atoms with Crippen molar-refractivity contribution in [2.24, 2.45) is 13.0 Å². The van der Waals surface area contributed by atoms with E-state index in [-0.39, 0.29) is 12.6 Å². The van der Waals surface area contributed by atoms with Gasteiger partial charge in [-0.15, -0.1) is 0 Å². The molecule has 1 heterocycles. The number of nitrogens with zero attached hydrogens (tertiary/aromatic N) is 2. The first-order valence-corrected chi connectivity index (χ1v) is 6.58. The first-order chi connectivity index (χ1) is 8.38. The lowest BCUT2D eigenvalue weighted by Gasteiger charge is -2.23. The fraction of sp³-hybridized carbons (Fsp3) is 0.769. The van der Waals surface area contributed by atoms with E-state index >= 15 is 0 Å². The Morgan fingerprint density at radius 3 is 2.33 bits per heavy atom. The number of anilines is 2. The van der Waals surface area contributed by atoms with Crippen molar-refractivity contribution in [1.82, 2.24) is 9.78 Å². The number of hydrogen-bond donors (Lipinski definition) is 3. The first kappa shape index (κ1) is 14.8. The van der Waals surface area contributed by atoms with Gasteiger partial charge in [0.1, 0.15) is 5.82 Å². The van der Waals surface area contributed by atoms with Crippen LogP contribution in [-0.4, -0.2) is 27.5 Å². The van der Waals surface area contributed by atoms with E-state index in [1.54, 1.807) is 4.68 Å². The maximum absolute atomic E-state index is 9.10. The predicted octanol–water partition coefficient (Wildman–Crippen LogP) is 1.94. The lowest BCUT2D eigenvalue weighted by molar-refractivity contribution is 0.267. The lowest BCUT2D eigenvalue weighted by Crippen LogP contribution is -2.28. The number of rotatable bonds is 6. The zero-order valence-electron chi connectivity index (χ0n) is 12.1. The van der Waals surface area contributed by atoms with Crippen molar-refractivity contribution in [3.8, 4) is 0 Å². The van der Waals surface area contributed by atoms with Crippen LogP contribution in [0.4, 0.5) is 11.5 Å². The molecule has 0 spiro atoms. The molecule has 0 radical (unpaired) electrons. The van der Waals surface area contributed by atoms with Gasteiger partial charge in [-0.2, -0.15) is 5.10 Å². The molecule has 1 aromatic heterocycles. The van der Waals surface area contributed by atoms with Crippen LogP contribution >= 0.6 is 0 Å². The molecule has 18 heavy (non-hydrogen) atoms. The lowest BCUT2D eigenvalue weighted by atomic mass is 10.0. The van der Waals surface area contributed by atoms with Crippen LogP contribution < -0.4 is 11.1 Å². The summed E-state index contributed by atoms with van der Waals surface area (Å²) in [4.78, 5) is 0. The van der Waals surface area contributed by atoms with Gasteiger partial charge in [0, 0.05) is 19.7 Å². The summed E-state index contributed by atoms with van der Waals surface area (Å²) in [6.45, 7) is 8.59. The smallest absolute Gasteiger partial charge is 0.148 e. The van der Waals surface area contributed by atoms with Gasteiger partial charge in [-0.25, -0.2) is 0 Å². The molecule has 1 atom stereocenters. The third-order valence-electron chi connectivity index (χ3n) is 3.23. The van der Waals surface area contributed by atoms with Gasteiger partial charge in [-0.05, 0) is 18.3 Å². The third-order valence-corrected chi connectivity index (χ3v) is 3.23. The van der Waals surface area contributed by atoms with Crippen molar-refractivity contribution in [2.45, 2.75) is 46.1 Å². The van der Waals surface area contributed by atoms with Gasteiger partial charge >= 0.3 is 0 Å². The normalized spacial score (nSPS) is 13.3. The second-order valence-electron chi connectivity index (χ2n) is 5.43. The van der Waals surface area contributed by atoms with Crippen LogP contribution in [0.3, 0.4) is 0 Å². The molecule has 5 heteroatoms. The summed E-state index contributed by atoms with van der Waals surface area (Å²) in [5, 5.41) is 17.0. The highest BCUT2D eigenvalue weighted by Crippen LogP contribution is 2.29. The summed E-state index contributed by atoms with van der Waals surface area (Å²) in [7, 11) is 1.89. The number of aliphatic hydroxyl groups is 1. The fourth-order valence-electron chi connectivity index (χ4n) is 2.05. The van der Waals surface area contributed by atoms with Crippen LogP contribution in [-0.2, 0) is 7.05 Å². The number of hydrogen-bond acceptors (Lipinski definition) is 4. The second kappa shape index (κ2) is 6.09. The molecule has 4 N–H and O–H groups in total. The SMILES string of the molecule is CC(C)c1nn(C)c(NC(CCO)C(C)C)c1N. The molecule has 1 unspecified atom stereocenters. The molecule has 5 nitrogen and oxygen atoms in total. The summed E-state index contributed by atoms with van der Waals surface area (Å²) in [6.07, 6.45) is 0.708. The topological polar surface area (TPSA) is 76.1 Å². The monoisotopic (exact) mass is 254 g/mol. The van der Waals surface area contributed by atoms with Gasteiger partial charge in [-0.3, -0.25) is 4.68 Å². The van der Waals surface area contributed by atoms with Crippen molar-refractivity contribution in [2.75, 3.05) is 17.7 Å². The van der Waals surface area contributed by atoms with Crippen LogP contribution in [0.2, 0.25) is 0 Å². The van der Waals surface area contributed by atoms with Crippen molar-refractivity contribution in [3.63, 3.8) is 0 Å². The highest BCUT2D eigenvalue weighted by molar-refractivity contribution is 5.66. The third kappa shape index (κ3) is 3.16. The number of aromatic nitrogens is 2. The summed E-state index contributed by atoms with van der Waals surface area (Å²) >= 11 is 0. The number of aryl methyl sites for hydroxylation is 1. The molecular formula is C13H26N4O. The average Bonchev–Trinajstić information content (AvgIpc) is 2.55. The molecular weight excluding hydrogens is 228 g/mol. The molecule has 1 aromatic rings. The standard InChI is InChI=1S/C13H26N4O/c1-8(2)10(6-7-18)15-13-11(14)12(9(3)4)16-17(13)5/h8-10,15,18H,6-7,14H2,1-5H3. The molecule has 0 saturated heterocycles. The minimum Gasteiger partial charge on any atom is -0.396 e. The second-order valence-corrected chi connectivity index (χ2v) is 5.43. The van der Waals surface area contributed by atoms with E-state index < -0.39 is 0 Å². The van der Waals surface area contributed by atoms with E-state index in [0.29, 0.717) is 18.3 Å². The zero-order chi connectivity index (χ0) is 13.9. The van der Waals surface area contributed by atoms with Crippen molar-refractivity contribution < 1.29 is 5.11 Å². The van der Waals surface area contributed by atoms with Crippen LogP contribution in [0.15, 0.2) is 0 Å². The molecule has 0 aliphatic carbocycles. The molecule has 0 amide bonds. The van der Waals surface area contributed by atoms with Gasteiger partial charge in [0.05, 0.1) is 11.4 Å². The maximum Gasteiger partial charge on any atom is 0.148 e. The Hall–Kier alpha value is -1.23. The minimum absolute atomic E-state index is 0.171. The Kier molecular flexibility index (Phi) is 5.02. The molecule has 104 valence electrons. The van der Waals surface area contributed by atoms with Crippen LogP contribution in [0.1, 0.15) is 45.7 Å². The maximum atomic E-state index is 9.10. The average molecular weight is 254 g/mol. The van der Waals surface area contributed by atoms with Gasteiger partial charge in [-0.1, -0.05) is 27.7 Å². The van der Waals surface area contributed by atoms with E-state index in [4.69, 9.17) is 10.8 Å². The summed E-state index contributed by atoms with van der Waals surface area (Å²) in [5.41, 5.74) is 7.78. The van der Waals surface area contributed by atoms with E-state index in [1.807, 2.05) is 7.05 Å². The quantitative estimate of drug-likeness (QED) is 0.725. The van der Waals surface area contributed by atoms with Crippen LogP contribution in [0, 0.1) is 5.92 Å². The highest BCUT2D eigenvalue weighted by Gasteiger charge is 2.20. The number of nitrogens with one attached hydrogen (secondary N) is 1. The van der Waals surface area contributed by atoms with Crippen LogP contribution in [0.25, 0.3) is 0 Å². The van der Waals surface area contributed by atoms with E-state index in [1.165, 1.54) is 0 Å². The highest BCUT2D eigenvalue weighted by atomic mass is 16.3. The molecule has 1 rings (SSSR count). The number of nitrogen functional groups attached to an aromatic ring is 1. The van der Waals surface area contributed by atoms with Gasteiger partial charge in [0.2, 0.25) is 0 Å². The largest absolute Gasteiger partial charge is 0.396 e. The summed E-state index contributed by atoms with van der Waals surface area (Å²) < 4.78 is 1.79. The molecule has 0 aromatic carbocycles. The number of aliphatic hydroxyl groups excluding tert-OH is 1. The Labute approximate surface area is 109 Å². The summed E-state index contributed by atoms with van der Waals surface area (Å²) in [5.74, 6) is 1.59. The zero-order valence-corrected chi connectivity index (χ0v) is 12.1. The van der Waals surface area contributed by atoms with Gasteiger partial charge in [0.15, 0.2) is 0 Å². The molecule has 0 fully saturated rings. The Morgan fingerprint density at radius 2 is 1.94 bits per heavy atom. The predicted molar refractivity (Wildman–Crippen MR) is 75.7 cm³/mol. The number of nitrogens with two attached hydrogens (primary N) is 1. The fourth-order valence-corrected chi connectivity index (χ4v) is 2.05. The molecule has 0 aliphatic rings. The summed E-state index contributed by atoms with van der Waals surface area (Å²) in [6, 6.07) is 0.202. The van der Waals surface area contributed by atoms with Crippen molar-refractivity contribution in [3.05, 3.63) is 5.69 Å². The van der Waals surface area contributed by atoms with Gasteiger partial charge < -0.3 is 16.2 Å². The minimum atomic E-state index is 0.171. The molecule has 0 bridgehead atoms. The van der Waals surface area contributed by atoms with E-state index in [0.717, 1.165) is 17.2 Å². The first-order valence-electron chi connectivity index (χ1n) is 6.58. The van der Waals surface area contributed by atoms with E-state index in [2.05, 4.69) is 38.1 Å². The van der Waals surface area contributed by atoms with Gasteiger partial charge in [0.25, 0.3) is 0 Å². The Bertz CT molecular complexity index is 385. The molecule has 0 saturated carbocycles. The Morgan fingerprint density at radius 1 is 1.33 bits per heavy atom. The van der Waals surface area contributed by atoms with Crippen molar-refractivity contribution >= 4 is 11.5 Å². The Balaban J connectivity index is 2.95. The van der Waals surface area contributed by atoms with Crippen LogP contribution in [0.5, 0.6) is 0 Å². The van der Waals surface area contributed by atoms with Crippen molar-refractivity contribution in [1.29, 1.82) is 0 Å².